The van der Waals surface area contributed by atoms with Crippen LogP contribution in [-0.4, -0.2) is 47.8 Å². The minimum Gasteiger partial charge on any atom is -0.445 e. The summed E-state index contributed by atoms with van der Waals surface area (Å²) in [4.78, 5) is 26.6. The number of hydrogen-bond donors (Lipinski definition) is 2. The van der Waals surface area contributed by atoms with E-state index in [0.717, 1.165) is 18.4 Å². The molecule has 1 atom stereocenters. The third-order valence-electron chi connectivity index (χ3n) is 4.66. The summed E-state index contributed by atoms with van der Waals surface area (Å²) in [6.45, 7) is 0.666. The van der Waals surface area contributed by atoms with E-state index in [2.05, 4.69) is 5.32 Å². The zero-order chi connectivity index (χ0) is 19.8. The second-order valence-electron chi connectivity index (χ2n) is 6.56. The number of amides is 2. The Morgan fingerprint density at radius 2 is 1.89 bits per heavy atom. The highest BCUT2D eigenvalue weighted by molar-refractivity contribution is 6.02. The van der Waals surface area contributed by atoms with Crippen molar-refractivity contribution in [2.75, 3.05) is 25.1 Å². The minimum atomic E-state index is -0.627. The van der Waals surface area contributed by atoms with E-state index in [1.165, 1.54) is 0 Å². The molecule has 0 spiro atoms. The summed E-state index contributed by atoms with van der Waals surface area (Å²) >= 11 is 0. The number of aliphatic hydroxyl groups excluding tert-OH is 1. The molecule has 1 heterocycles. The van der Waals surface area contributed by atoms with Crippen molar-refractivity contribution in [1.29, 1.82) is 0 Å². The minimum absolute atomic E-state index is 0.0584. The second-order valence-corrected chi connectivity index (χ2v) is 6.56. The van der Waals surface area contributed by atoms with Crippen LogP contribution in [-0.2, 0) is 4.74 Å². The molecule has 6 nitrogen and oxygen atoms in total. The van der Waals surface area contributed by atoms with Gasteiger partial charge in [0.25, 0.3) is 5.91 Å². The van der Waals surface area contributed by atoms with E-state index >= 15 is 0 Å². The number of para-hydroxylation sites is 1. The van der Waals surface area contributed by atoms with Crippen molar-refractivity contribution in [1.82, 2.24) is 4.90 Å². The predicted molar refractivity (Wildman–Crippen MR) is 108 cm³/mol. The molecule has 1 aliphatic rings. The SMILES string of the molecule is O=C(Nc1ccccc1C(=O)N1CCC[C@H]1CO)OCC=Cc1ccccc1. The Morgan fingerprint density at radius 1 is 1.14 bits per heavy atom. The number of benzene rings is 2. The first-order valence-corrected chi connectivity index (χ1v) is 9.35. The molecule has 0 radical (unpaired) electrons. The maximum absolute atomic E-state index is 12.8. The fraction of sp³-hybridized carbons (Fsp3) is 0.273. The van der Waals surface area contributed by atoms with Gasteiger partial charge in [-0.3, -0.25) is 10.1 Å². The maximum atomic E-state index is 12.8. The molecule has 3 rings (SSSR count). The van der Waals surface area contributed by atoms with E-state index in [0.29, 0.717) is 17.8 Å². The van der Waals surface area contributed by atoms with Gasteiger partial charge in [-0.25, -0.2) is 4.79 Å². The molecule has 0 unspecified atom stereocenters. The van der Waals surface area contributed by atoms with Crippen molar-refractivity contribution in [2.24, 2.45) is 0 Å². The summed E-state index contributed by atoms with van der Waals surface area (Å²) in [5, 5.41) is 12.1. The topological polar surface area (TPSA) is 78.9 Å². The first kappa shape index (κ1) is 19.6. The van der Waals surface area contributed by atoms with E-state index in [-0.39, 0.29) is 25.2 Å². The number of rotatable bonds is 6. The molecule has 0 aliphatic carbocycles. The van der Waals surface area contributed by atoms with Crippen LogP contribution >= 0.6 is 0 Å². The van der Waals surface area contributed by atoms with Crippen molar-refractivity contribution in [3.8, 4) is 0 Å². The Hall–Kier alpha value is -3.12. The van der Waals surface area contributed by atoms with Gasteiger partial charge in [0.2, 0.25) is 0 Å². The van der Waals surface area contributed by atoms with E-state index < -0.39 is 6.09 Å². The van der Waals surface area contributed by atoms with Gasteiger partial charge < -0.3 is 14.7 Å². The number of ether oxygens (including phenoxy) is 1. The average molecular weight is 380 g/mol. The molecule has 2 N–H and O–H groups in total. The van der Waals surface area contributed by atoms with Crippen LogP contribution in [0.15, 0.2) is 60.7 Å². The van der Waals surface area contributed by atoms with Gasteiger partial charge in [-0.1, -0.05) is 48.5 Å². The largest absolute Gasteiger partial charge is 0.445 e. The van der Waals surface area contributed by atoms with Gasteiger partial charge in [0.1, 0.15) is 6.61 Å². The van der Waals surface area contributed by atoms with Crippen molar-refractivity contribution >= 4 is 23.8 Å². The molecule has 6 heteroatoms. The first-order chi connectivity index (χ1) is 13.7. The van der Waals surface area contributed by atoms with Crippen LogP contribution in [0.2, 0.25) is 0 Å². The maximum Gasteiger partial charge on any atom is 0.411 e. The van der Waals surface area contributed by atoms with E-state index in [1.54, 1.807) is 35.2 Å². The number of carbonyl (C=O) groups excluding carboxylic acids is 2. The number of nitrogens with zero attached hydrogens (tertiary/aromatic N) is 1. The second kappa shape index (κ2) is 9.71. The molecule has 1 aliphatic heterocycles. The molecule has 1 fully saturated rings. The number of aliphatic hydroxyl groups is 1. The summed E-state index contributed by atoms with van der Waals surface area (Å²) in [5.74, 6) is -0.198. The highest BCUT2D eigenvalue weighted by atomic mass is 16.5. The third-order valence-corrected chi connectivity index (χ3v) is 4.66. The first-order valence-electron chi connectivity index (χ1n) is 9.35. The van der Waals surface area contributed by atoms with Gasteiger partial charge in [-0.15, -0.1) is 0 Å². The molecule has 0 aromatic heterocycles. The lowest BCUT2D eigenvalue weighted by molar-refractivity contribution is 0.0678. The summed E-state index contributed by atoms with van der Waals surface area (Å²) in [6.07, 6.45) is 4.64. The van der Waals surface area contributed by atoms with Crippen LogP contribution in [0.1, 0.15) is 28.8 Å². The van der Waals surface area contributed by atoms with Gasteiger partial charge in [-0.05, 0) is 36.6 Å². The molecular formula is C22H24N2O4. The Labute approximate surface area is 164 Å². The summed E-state index contributed by atoms with van der Waals surface area (Å²) in [6, 6.07) is 16.4. The molecule has 0 saturated carbocycles. The van der Waals surface area contributed by atoms with Crippen LogP contribution in [0.4, 0.5) is 10.5 Å². The number of carbonyl (C=O) groups is 2. The van der Waals surface area contributed by atoms with Gasteiger partial charge in [-0.2, -0.15) is 0 Å². The standard InChI is InChI=1S/C22H24N2O4/c25-16-18-11-6-14-24(18)21(26)19-12-4-5-13-20(19)23-22(27)28-15-7-10-17-8-2-1-3-9-17/h1-5,7-10,12-13,18,25H,6,11,14-16H2,(H,23,27)/t18-/m0/s1. The quantitative estimate of drug-likeness (QED) is 0.803. The lowest BCUT2D eigenvalue weighted by Gasteiger charge is -2.24. The Kier molecular flexibility index (Phi) is 6.81. The fourth-order valence-electron chi connectivity index (χ4n) is 3.24. The van der Waals surface area contributed by atoms with E-state index in [9.17, 15) is 14.7 Å². The van der Waals surface area contributed by atoms with Gasteiger partial charge >= 0.3 is 6.09 Å². The van der Waals surface area contributed by atoms with Crippen molar-refractivity contribution in [3.05, 3.63) is 71.8 Å². The van der Waals surface area contributed by atoms with E-state index in [4.69, 9.17) is 4.74 Å². The third kappa shape index (κ3) is 4.98. The average Bonchev–Trinajstić information content (AvgIpc) is 3.21. The highest BCUT2D eigenvalue weighted by Gasteiger charge is 2.30. The number of likely N-dealkylation sites (tertiary alicyclic amines) is 1. The summed E-state index contributed by atoms with van der Waals surface area (Å²) in [5.41, 5.74) is 1.80. The Bertz CT molecular complexity index is 835. The number of nitrogens with one attached hydrogen (secondary N) is 1. The zero-order valence-electron chi connectivity index (χ0n) is 15.6. The number of anilines is 1. The lowest BCUT2D eigenvalue weighted by atomic mass is 10.1. The Morgan fingerprint density at radius 3 is 2.68 bits per heavy atom. The number of hydrogen-bond acceptors (Lipinski definition) is 4. The molecule has 1 saturated heterocycles. The van der Waals surface area contributed by atoms with Crippen LogP contribution in [0, 0.1) is 0 Å². The molecule has 28 heavy (non-hydrogen) atoms. The Balaban J connectivity index is 1.59. The molecule has 0 bridgehead atoms. The van der Waals surface area contributed by atoms with Crippen molar-refractivity contribution in [2.45, 2.75) is 18.9 Å². The van der Waals surface area contributed by atoms with Crippen LogP contribution < -0.4 is 5.32 Å². The van der Waals surface area contributed by atoms with E-state index in [1.807, 2.05) is 36.4 Å². The normalized spacial score (nSPS) is 16.3. The van der Waals surface area contributed by atoms with Crippen LogP contribution in [0.3, 0.4) is 0 Å². The highest BCUT2D eigenvalue weighted by Crippen LogP contribution is 2.23. The molecular weight excluding hydrogens is 356 g/mol. The fourth-order valence-corrected chi connectivity index (χ4v) is 3.24. The summed E-state index contributed by atoms with van der Waals surface area (Å²) in [7, 11) is 0. The molecule has 2 amide bonds. The van der Waals surface area contributed by atoms with Crippen LogP contribution in [0.25, 0.3) is 6.08 Å². The molecule has 2 aromatic rings. The molecule has 2 aromatic carbocycles. The smallest absolute Gasteiger partial charge is 0.411 e. The predicted octanol–water partition coefficient (Wildman–Crippen LogP) is 3.55. The zero-order valence-corrected chi connectivity index (χ0v) is 15.6. The van der Waals surface area contributed by atoms with Gasteiger partial charge in [0.15, 0.2) is 0 Å². The van der Waals surface area contributed by atoms with Gasteiger partial charge in [0.05, 0.1) is 23.9 Å². The summed E-state index contributed by atoms with van der Waals surface area (Å²) < 4.78 is 5.17. The van der Waals surface area contributed by atoms with Gasteiger partial charge in [0, 0.05) is 6.54 Å². The van der Waals surface area contributed by atoms with Crippen molar-refractivity contribution < 1.29 is 19.4 Å². The molecule has 146 valence electrons. The van der Waals surface area contributed by atoms with Crippen molar-refractivity contribution in [3.63, 3.8) is 0 Å². The van der Waals surface area contributed by atoms with Crippen LogP contribution in [0.5, 0.6) is 0 Å². The lowest BCUT2D eigenvalue weighted by Crippen LogP contribution is -2.38. The monoisotopic (exact) mass is 380 g/mol.